The third kappa shape index (κ3) is 4.00. The fourth-order valence-corrected chi connectivity index (χ4v) is 0.372. The molecule has 0 aromatic heterocycles. The summed E-state index contributed by atoms with van der Waals surface area (Å²) in [5.74, 6) is 0. The third-order valence-corrected chi connectivity index (χ3v) is 0.863. The number of halogens is 2. The van der Waals surface area contributed by atoms with Crippen LogP contribution < -0.4 is 5.73 Å². The van der Waals surface area contributed by atoms with E-state index in [0.29, 0.717) is 0 Å². The van der Waals surface area contributed by atoms with Crippen LogP contribution in [0.1, 0.15) is 0 Å². The van der Waals surface area contributed by atoms with Crippen LogP contribution in [0.5, 0.6) is 0 Å². The van der Waals surface area contributed by atoms with Gasteiger partial charge in [-0.3, -0.25) is 10.8 Å². The molecular formula is C4H5Cl2N3. The molecule has 0 atom stereocenters. The molecule has 0 heterocycles. The molecule has 0 aliphatic heterocycles. The van der Waals surface area contributed by atoms with Crippen LogP contribution >= 0.6 is 23.2 Å². The number of nitrogens with one attached hydrogen (secondary N) is 2. The Bertz CT molecular complexity index is 173. The van der Waals surface area contributed by atoms with Gasteiger partial charge in [0.1, 0.15) is 10.3 Å². The summed E-state index contributed by atoms with van der Waals surface area (Å²) in [6.07, 6.45) is 1.09. The molecule has 5 heteroatoms. The van der Waals surface area contributed by atoms with Crippen molar-refractivity contribution in [2.45, 2.75) is 0 Å². The first-order valence-electron chi connectivity index (χ1n) is 1.99. The van der Waals surface area contributed by atoms with Crippen molar-refractivity contribution < 1.29 is 0 Å². The number of hydrogen-bond acceptors (Lipinski definition) is 3. The molecule has 0 rings (SSSR count). The second-order valence-electron chi connectivity index (χ2n) is 1.26. The summed E-state index contributed by atoms with van der Waals surface area (Å²) in [5.41, 5.74) is 5.09. The highest BCUT2D eigenvalue weighted by Gasteiger charge is 1.94. The van der Waals surface area contributed by atoms with Crippen molar-refractivity contribution in [2.75, 3.05) is 0 Å². The molecule has 0 aliphatic rings. The lowest BCUT2D eigenvalue weighted by Gasteiger charge is -1.90. The zero-order valence-electron chi connectivity index (χ0n) is 4.41. The van der Waals surface area contributed by atoms with Crippen LogP contribution in [0.25, 0.3) is 0 Å². The first-order valence-corrected chi connectivity index (χ1v) is 2.75. The molecule has 0 fully saturated rings. The second kappa shape index (κ2) is 3.48. The lowest BCUT2D eigenvalue weighted by molar-refractivity contribution is 1.43. The Morgan fingerprint density at radius 3 is 1.89 bits per heavy atom. The second-order valence-corrected chi connectivity index (χ2v) is 2.05. The molecule has 0 bridgehead atoms. The first kappa shape index (κ1) is 8.46. The fraction of sp³-hybridized carbons (Fsp3) is 0. The van der Waals surface area contributed by atoms with Gasteiger partial charge in [0, 0.05) is 6.08 Å². The van der Waals surface area contributed by atoms with Crippen LogP contribution in [0, 0.1) is 10.8 Å². The molecular weight excluding hydrogens is 161 g/mol. The Hall–Kier alpha value is -0.540. The van der Waals surface area contributed by atoms with Gasteiger partial charge in [-0.05, 0) is 0 Å². The van der Waals surface area contributed by atoms with Gasteiger partial charge in [0.05, 0.1) is 5.70 Å². The van der Waals surface area contributed by atoms with Gasteiger partial charge in [0.2, 0.25) is 0 Å². The number of nitrogens with two attached hydrogens (primary N) is 1. The quantitative estimate of drug-likeness (QED) is 0.530. The average Bonchev–Trinajstić information content (AvgIpc) is 1.63. The third-order valence-electron chi connectivity index (χ3n) is 0.536. The standard InChI is InChI=1S/C4H5Cl2N3/c5-3(8)1-2(7)4(6)9/h1,8-9H,7H2/b2-1+,8-3?,9-4?. The van der Waals surface area contributed by atoms with Gasteiger partial charge < -0.3 is 5.73 Å². The van der Waals surface area contributed by atoms with E-state index in [4.69, 9.17) is 39.8 Å². The Morgan fingerprint density at radius 1 is 1.33 bits per heavy atom. The van der Waals surface area contributed by atoms with E-state index in [1.165, 1.54) is 0 Å². The van der Waals surface area contributed by atoms with Crippen molar-refractivity contribution >= 4 is 33.5 Å². The summed E-state index contributed by atoms with van der Waals surface area (Å²) >= 11 is 10.2. The Kier molecular flexibility index (Phi) is 3.27. The summed E-state index contributed by atoms with van der Waals surface area (Å²) in [6, 6.07) is 0. The fourth-order valence-electron chi connectivity index (χ4n) is 0.200. The molecule has 0 amide bonds. The minimum absolute atomic E-state index is 0.00309. The molecule has 3 nitrogen and oxygen atoms in total. The zero-order chi connectivity index (χ0) is 7.44. The lowest BCUT2D eigenvalue weighted by Crippen LogP contribution is -2.05. The van der Waals surface area contributed by atoms with Gasteiger partial charge in [-0.25, -0.2) is 0 Å². The predicted molar refractivity (Wildman–Crippen MR) is 39.4 cm³/mol. The predicted octanol–water partition coefficient (Wildman–Crippen LogP) is 1.26. The highest BCUT2D eigenvalue weighted by Crippen LogP contribution is 1.94. The minimum Gasteiger partial charge on any atom is -0.396 e. The Morgan fingerprint density at radius 2 is 1.78 bits per heavy atom. The molecule has 4 N–H and O–H groups in total. The molecule has 50 valence electrons. The summed E-state index contributed by atoms with van der Waals surface area (Å²) in [7, 11) is 0. The van der Waals surface area contributed by atoms with E-state index in [0.717, 1.165) is 6.08 Å². The van der Waals surface area contributed by atoms with Crippen molar-refractivity contribution in [2.24, 2.45) is 5.73 Å². The largest absolute Gasteiger partial charge is 0.396 e. The molecule has 9 heavy (non-hydrogen) atoms. The molecule has 0 aliphatic carbocycles. The van der Waals surface area contributed by atoms with Crippen molar-refractivity contribution in [1.82, 2.24) is 0 Å². The van der Waals surface area contributed by atoms with Gasteiger partial charge in [-0.2, -0.15) is 0 Å². The molecule has 0 radical (unpaired) electrons. The average molecular weight is 166 g/mol. The van der Waals surface area contributed by atoms with Crippen molar-refractivity contribution in [3.63, 3.8) is 0 Å². The minimum atomic E-state index is -0.305. The molecule has 0 spiro atoms. The Balaban J connectivity index is 4.17. The van der Waals surface area contributed by atoms with E-state index in [-0.39, 0.29) is 16.0 Å². The van der Waals surface area contributed by atoms with E-state index >= 15 is 0 Å². The SMILES string of the molecule is N=C(Cl)/C=C(/N)C(=N)Cl. The topological polar surface area (TPSA) is 73.7 Å². The van der Waals surface area contributed by atoms with Gasteiger partial charge in [-0.1, -0.05) is 23.2 Å². The maximum atomic E-state index is 6.71. The van der Waals surface area contributed by atoms with Gasteiger partial charge in [-0.15, -0.1) is 0 Å². The molecule has 0 saturated heterocycles. The number of allylic oxidation sites excluding steroid dienone is 2. The van der Waals surface area contributed by atoms with Crippen LogP contribution in [0.15, 0.2) is 11.8 Å². The van der Waals surface area contributed by atoms with Gasteiger partial charge in [0.25, 0.3) is 0 Å². The van der Waals surface area contributed by atoms with Gasteiger partial charge in [0.15, 0.2) is 0 Å². The molecule has 0 aromatic carbocycles. The van der Waals surface area contributed by atoms with E-state index in [1.807, 2.05) is 0 Å². The summed E-state index contributed by atoms with van der Waals surface area (Å²) < 4.78 is 0. The lowest BCUT2D eigenvalue weighted by atomic mass is 10.4. The highest BCUT2D eigenvalue weighted by atomic mass is 35.5. The highest BCUT2D eigenvalue weighted by molar-refractivity contribution is 6.71. The van der Waals surface area contributed by atoms with E-state index < -0.39 is 0 Å². The van der Waals surface area contributed by atoms with E-state index in [1.54, 1.807) is 0 Å². The first-order chi connectivity index (χ1) is 4.04. The van der Waals surface area contributed by atoms with Crippen LogP contribution in [0.4, 0.5) is 0 Å². The molecule has 0 unspecified atom stereocenters. The van der Waals surface area contributed by atoms with Crippen LogP contribution in [-0.4, -0.2) is 10.3 Å². The van der Waals surface area contributed by atoms with E-state index in [9.17, 15) is 0 Å². The summed E-state index contributed by atoms with van der Waals surface area (Å²) in [4.78, 5) is 0. The Labute approximate surface area is 62.5 Å². The van der Waals surface area contributed by atoms with Crippen LogP contribution in [0.3, 0.4) is 0 Å². The van der Waals surface area contributed by atoms with Crippen molar-refractivity contribution in [1.29, 1.82) is 10.8 Å². The molecule has 0 aromatic rings. The number of rotatable bonds is 2. The summed E-state index contributed by atoms with van der Waals surface area (Å²) in [6.45, 7) is 0. The van der Waals surface area contributed by atoms with E-state index in [2.05, 4.69) is 0 Å². The van der Waals surface area contributed by atoms with Crippen molar-refractivity contribution in [3.8, 4) is 0 Å². The maximum Gasteiger partial charge on any atom is 0.144 e. The van der Waals surface area contributed by atoms with Crippen LogP contribution in [0.2, 0.25) is 0 Å². The smallest absolute Gasteiger partial charge is 0.144 e. The normalized spacial score (nSPS) is 11.1. The zero-order valence-corrected chi connectivity index (χ0v) is 5.92. The van der Waals surface area contributed by atoms with Crippen molar-refractivity contribution in [3.05, 3.63) is 11.8 Å². The maximum absolute atomic E-state index is 6.71. The molecule has 0 saturated carbocycles. The van der Waals surface area contributed by atoms with Gasteiger partial charge >= 0.3 is 0 Å². The summed E-state index contributed by atoms with van der Waals surface area (Å²) in [5, 5.41) is 12.8. The van der Waals surface area contributed by atoms with Crippen LogP contribution in [-0.2, 0) is 0 Å². The number of hydrogen-bond donors (Lipinski definition) is 3. The monoisotopic (exact) mass is 165 g/mol.